The Balaban J connectivity index is 1.54. The van der Waals surface area contributed by atoms with E-state index in [1.54, 1.807) is 12.1 Å². The zero-order chi connectivity index (χ0) is 22.0. The van der Waals surface area contributed by atoms with Gasteiger partial charge in [-0.2, -0.15) is 5.26 Å². The first kappa shape index (κ1) is 21.9. The van der Waals surface area contributed by atoms with Gasteiger partial charge in [-0.3, -0.25) is 0 Å². The van der Waals surface area contributed by atoms with E-state index in [0.717, 1.165) is 48.4 Å². The molecule has 0 spiro atoms. The van der Waals surface area contributed by atoms with Crippen LogP contribution in [0.2, 0.25) is 0 Å². The van der Waals surface area contributed by atoms with Crippen molar-refractivity contribution >= 4 is 0 Å². The number of nitriles is 1. The third-order valence-corrected chi connectivity index (χ3v) is 7.43. The summed E-state index contributed by atoms with van der Waals surface area (Å²) in [7, 11) is 0. The van der Waals surface area contributed by atoms with Crippen molar-refractivity contribution < 1.29 is 13.2 Å². The van der Waals surface area contributed by atoms with Crippen LogP contribution in [-0.2, 0) is 6.42 Å². The number of unbranched alkanes of at least 4 members (excludes halogenated alkanes) is 3. The third-order valence-electron chi connectivity index (χ3n) is 7.43. The fourth-order valence-corrected chi connectivity index (χ4v) is 5.80. The lowest BCUT2D eigenvalue weighted by Gasteiger charge is -2.41. The van der Waals surface area contributed by atoms with E-state index >= 15 is 4.39 Å². The molecule has 4 rings (SSSR count). The second-order valence-electron chi connectivity index (χ2n) is 9.39. The molecule has 1 nitrogen and oxygen atoms in total. The summed E-state index contributed by atoms with van der Waals surface area (Å²) in [6, 6.07) is 7.02. The molecular weight excluding hydrogens is 395 g/mol. The lowest BCUT2D eigenvalue weighted by atomic mass is 9.64. The Morgan fingerprint density at radius 1 is 0.935 bits per heavy atom. The van der Waals surface area contributed by atoms with Gasteiger partial charge in [-0.05, 0) is 90.8 Å². The van der Waals surface area contributed by atoms with E-state index in [-0.39, 0.29) is 11.1 Å². The van der Waals surface area contributed by atoms with Crippen molar-refractivity contribution in [3.63, 3.8) is 0 Å². The Morgan fingerprint density at radius 3 is 2.42 bits per heavy atom. The normalized spacial score (nSPS) is 22.5. The van der Waals surface area contributed by atoms with Crippen molar-refractivity contribution in [1.82, 2.24) is 0 Å². The predicted octanol–water partition coefficient (Wildman–Crippen LogP) is 8.06. The Bertz CT molecular complexity index is 968. The number of aryl methyl sites for hydroxylation is 1. The molecule has 164 valence electrons. The minimum absolute atomic E-state index is 0.146. The van der Waals surface area contributed by atoms with Gasteiger partial charge >= 0.3 is 0 Å². The summed E-state index contributed by atoms with van der Waals surface area (Å²) in [6.07, 6.45) is 12.1. The summed E-state index contributed by atoms with van der Waals surface area (Å²) >= 11 is 0. The van der Waals surface area contributed by atoms with Crippen LogP contribution in [0.1, 0.15) is 87.3 Å². The predicted molar refractivity (Wildman–Crippen MR) is 117 cm³/mol. The number of rotatable bonds is 6. The number of benzene rings is 2. The van der Waals surface area contributed by atoms with Gasteiger partial charge in [0, 0.05) is 5.56 Å². The molecule has 0 N–H and O–H groups in total. The summed E-state index contributed by atoms with van der Waals surface area (Å²) in [4.78, 5) is 0. The molecule has 1 saturated carbocycles. The number of halogens is 3. The van der Waals surface area contributed by atoms with E-state index in [0.29, 0.717) is 11.8 Å². The molecule has 0 bridgehead atoms. The smallest absolute Gasteiger partial charge is 0.144 e. The van der Waals surface area contributed by atoms with Crippen LogP contribution < -0.4 is 0 Å². The molecule has 0 aliphatic heterocycles. The number of fused-ring (bicyclic) bond motifs is 3. The summed E-state index contributed by atoms with van der Waals surface area (Å²) < 4.78 is 43.2. The van der Waals surface area contributed by atoms with Crippen LogP contribution >= 0.6 is 0 Å². The molecule has 4 heteroatoms. The molecule has 0 aromatic heterocycles. The standard InChI is InChI=1S/C27H30F3N/c1-2-3-4-5-6-17-7-10-21-18(11-17)8-9-19-12-23(27(30)15-22(19)21)20-13-25(28)24(16-31)26(29)14-20/h12-15,17-18,21H,2-11H2,1H3. The van der Waals surface area contributed by atoms with Gasteiger partial charge < -0.3 is 0 Å². The summed E-state index contributed by atoms with van der Waals surface area (Å²) in [5.41, 5.74) is 1.92. The monoisotopic (exact) mass is 425 g/mol. The molecule has 31 heavy (non-hydrogen) atoms. The third kappa shape index (κ3) is 4.52. The summed E-state index contributed by atoms with van der Waals surface area (Å²) in [6.45, 7) is 2.24. The highest BCUT2D eigenvalue weighted by Gasteiger charge is 2.35. The summed E-state index contributed by atoms with van der Waals surface area (Å²) in [5.74, 6) is -0.530. The van der Waals surface area contributed by atoms with E-state index < -0.39 is 23.0 Å². The van der Waals surface area contributed by atoms with E-state index in [1.165, 1.54) is 51.0 Å². The fraction of sp³-hybridized carbons (Fsp3) is 0.519. The van der Waals surface area contributed by atoms with E-state index in [9.17, 15) is 8.78 Å². The molecule has 3 atom stereocenters. The molecule has 1 fully saturated rings. The highest BCUT2D eigenvalue weighted by Crippen LogP contribution is 2.49. The van der Waals surface area contributed by atoms with Gasteiger partial charge in [-0.25, -0.2) is 13.2 Å². The van der Waals surface area contributed by atoms with Gasteiger partial charge in [0.25, 0.3) is 0 Å². The van der Waals surface area contributed by atoms with Gasteiger partial charge in [-0.1, -0.05) is 39.0 Å². The number of nitrogens with zero attached hydrogens (tertiary/aromatic N) is 1. The van der Waals surface area contributed by atoms with Crippen LogP contribution in [0.15, 0.2) is 24.3 Å². The first-order valence-corrected chi connectivity index (χ1v) is 11.7. The van der Waals surface area contributed by atoms with Gasteiger partial charge in [0.2, 0.25) is 0 Å². The minimum atomic E-state index is -0.952. The maximum Gasteiger partial charge on any atom is 0.144 e. The minimum Gasteiger partial charge on any atom is -0.206 e. The van der Waals surface area contributed by atoms with Crippen molar-refractivity contribution in [3.8, 4) is 17.2 Å². The van der Waals surface area contributed by atoms with Gasteiger partial charge in [-0.15, -0.1) is 0 Å². The Morgan fingerprint density at radius 2 is 1.71 bits per heavy atom. The largest absolute Gasteiger partial charge is 0.206 e. The fourth-order valence-electron chi connectivity index (χ4n) is 5.80. The van der Waals surface area contributed by atoms with Crippen LogP contribution in [0.5, 0.6) is 0 Å². The van der Waals surface area contributed by atoms with E-state index in [1.807, 2.05) is 0 Å². The highest BCUT2D eigenvalue weighted by atomic mass is 19.1. The zero-order valence-corrected chi connectivity index (χ0v) is 18.2. The highest BCUT2D eigenvalue weighted by molar-refractivity contribution is 5.67. The molecule has 0 heterocycles. The van der Waals surface area contributed by atoms with Gasteiger partial charge in [0.1, 0.15) is 29.1 Å². The lowest BCUT2D eigenvalue weighted by molar-refractivity contribution is 0.199. The maximum atomic E-state index is 15.1. The zero-order valence-electron chi connectivity index (χ0n) is 18.2. The lowest BCUT2D eigenvalue weighted by Crippen LogP contribution is -2.28. The number of hydrogen-bond donors (Lipinski definition) is 0. The molecular formula is C27H30F3N. The van der Waals surface area contributed by atoms with Crippen molar-refractivity contribution in [2.45, 2.75) is 77.0 Å². The van der Waals surface area contributed by atoms with Crippen LogP contribution in [-0.4, -0.2) is 0 Å². The van der Waals surface area contributed by atoms with Gasteiger partial charge in [0.15, 0.2) is 0 Å². The van der Waals surface area contributed by atoms with Crippen molar-refractivity contribution in [2.75, 3.05) is 0 Å². The summed E-state index contributed by atoms with van der Waals surface area (Å²) in [5, 5.41) is 8.87. The number of hydrogen-bond acceptors (Lipinski definition) is 1. The molecule has 2 aromatic carbocycles. The van der Waals surface area contributed by atoms with Crippen molar-refractivity contribution in [2.24, 2.45) is 11.8 Å². The van der Waals surface area contributed by atoms with Crippen molar-refractivity contribution in [3.05, 3.63) is 58.4 Å². The molecule has 2 aliphatic rings. The second kappa shape index (κ2) is 9.47. The van der Waals surface area contributed by atoms with E-state index in [4.69, 9.17) is 5.26 Å². The maximum absolute atomic E-state index is 15.1. The average molecular weight is 426 g/mol. The first-order valence-electron chi connectivity index (χ1n) is 11.7. The Hall–Kier alpha value is -2.28. The van der Waals surface area contributed by atoms with E-state index in [2.05, 4.69) is 6.92 Å². The van der Waals surface area contributed by atoms with Crippen LogP contribution in [0.25, 0.3) is 11.1 Å². The van der Waals surface area contributed by atoms with Gasteiger partial charge in [0.05, 0.1) is 0 Å². The molecule has 0 radical (unpaired) electrons. The van der Waals surface area contributed by atoms with Crippen molar-refractivity contribution in [1.29, 1.82) is 5.26 Å². The molecule has 0 saturated heterocycles. The van der Waals surface area contributed by atoms with Crippen LogP contribution in [0.4, 0.5) is 13.2 Å². The first-order chi connectivity index (χ1) is 15.0. The molecule has 2 aliphatic carbocycles. The quantitative estimate of drug-likeness (QED) is 0.429. The van der Waals surface area contributed by atoms with Crippen LogP contribution in [0, 0.1) is 40.6 Å². The molecule has 3 unspecified atom stereocenters. The Labute approximate surface area is 183 Å². The topological polar surface area (TPSA) is 23.8 Å². The SMILES string of the molecule is CCCCCCC1CCC2c3cc(F)c(-c4cc(F)c(C#N)c(F)c4)cc3CCC2C1. The Kier molecular flexibility index (Phi) is 6.70. The molecule has 0 amide bonds. The molecule has 2 aromatic rings. The van der Waals surface area contributed by atoms with Crippen LogP contribution in [0.3, 0.4) is 0 Å². The second-order valence-corrected chi connectivity index (χ2v) is 9.39. The average Bonchev–Trinajstić information content (AvgIpc) is 2.76.